The Kier molecular flexibility index (Phi) is 8.77. The second-order valence-corrected chi connectivity index (χ2v) is 14.5. The number of nitrogens with zero attached hydrogens (tertiary/aromatic N) is 2. The molecule has 0 atom stereocenters. The second kappa shape index (κ2) is 14.7. The Morgan fingerprint density at radius 2 is 0.707 bits per heavy atom. The highest BCUT2D eigenvalue weighted by Crippen LogP contribution is 2.45. The first-order chi connectivity index (χ1) is 28.6. The van der Waals surface area contributed by atoms with Gasteiger partial charge in [-0.05, 0) is 113 Å². The number of hydrogen-bond acceptors (Lipinski definition) is 3. The Morgan fingerprint density at radius 3 is 1.22 bits per heavy atom. The molecule has 274 valence electrons. The minimum atomic E-state index is -0.366. The molecule has 0 saturated heterocycles. The number of non-ortho nitro benzene ring substituents is 1. The number of hydrogen-bond donors (Lipinski definition) is 0. The van der Waals surface area contributed by atoms with E-state index < -0.39 is 0 Å². The van der Waals surface area contributed by atoms with E-state index in [1.165, 1.54) is 54.6 Å². The lowest BCUT2D eigenvalue weighted by Gasteiger charge is -2.26. The first-order valence-electron chi connectivity index (χ1n) is 19.4. The Morgan fingerprint density at radius 1 is 0.328 bits per heavy atom. The predicted octanol–water partition coefficient (Wildman–Crippen LogP) is 15.2. The van der Waals surface area contributed by atoms with Crippen LogP contribution < -0.4 is 4.90 Å². The highest BCUT2D eigenvalue weighted by Gasteiger charge is 2.19. The van der Waals surface area contributed by atoms with Gasteiger partial charge in [-0.3, -0.25) is 10.1 Å². The fraction of sp³-hybridized carbons (Fsp3) is 0. The van der Waals surface area contributed by atoms with Crippen molar-refractivity contribution in [3.05, 3.63) is 229 Å². The molecule has 4 nitrogen and oxygen atoms in total. The van der Waals surface area contributed by atoms with Crippen molar-refractivity contribution in [3.63, 3.8) is 0 Å². The van der Waals surface area contributed by atoms with Gasteiger partial charge in [0.2, 0.25) is 0 Å². The van der Waals surface area contributed by atoms with Crippen molar-refractivity contribution in [1.29, 1.82) is 0 Å². The van der Waals surface area contributed by atoms with E-state index in [0.29, 0.717) is 0 Å². The molecule has 0 heterocycles. The van der Waals surface area contributed by atoms with E-state index in [-0.39, 0.29) is 10.6 Å². The molecule has 0 amide bonds. The normalized spacial score (nSPS) is 11.2. The molecule has 0 aliphatic rings. The van der Waals surface area contributed by atoms with Gasteiger partial charge in [-0.25, -0.2) is 0 Å². The Balaban J connectivity index is 1.02. The van der Waals surface area contributed by atoms with Crippen molar-refractivity contribution < 1.29 is 4.92 Å². The molecular formula is C54H36N2O2. The third kappa shape index (κ3) is 6.23. The van der Waals surface area contributed by atoms with E-state index >= 15 is 0 Å². The summed E-state index contributed by atoms with van der Waals surface area (Å²) in [5.74, 6) is 0. The number of rotatable bonds is 8. The number of fused-ring (bicyclic) bond motifs is 3. The van der Waals surface area contributed by atoms with Gasteiger partial charge in [-0.2, -0.15) is 0 Å². The van der Waals surface area contributed by atoms with E-state index in [1.807, 2.05) is 18.2 Å². The number of benzene rings is 10. The van der Waals surface area contributed by atoms with Gasteiger partial charge in [0, 0.05) is 29.2 Å². The Bertz CT molecular complexity index is 3040. The molecule has 0 bridgehead atoms. The van der Waals surface area contributed by atoms with Crippen molar-refractivity contribution >= 4 is 55.1 Å². The van der Waals surface area contributed by atoms with Crippen LogP contribution in [0, 0.1) is 10.1 Å². The van der Waals surface area contributed by atoms with Crippen LogP contribution in [-0.2, 0) is 0 Å². The lowest BCUT2D eigenvalue weighted by atomic mass is 9.84. The monoisotopic (exact) mass is 744 g/mol. The summed E-state index contributed by atoms with van der Waals surface area (Å²) in [4.78, 5) is 13.2. The molecule has 0 spiro atoms. The second-order valence-electron chi connectivity index (χ2n) is 14.5. The molecule has 10 aromatic rings. The maximum Gasteiger partial charge on any atom is 0.269 e. The van der Waals surface area contributed by atoms with Crippen LogP contribution in [-0.4, -0.2) is 4.92 Å². The van der Waals surface area contributed by atoms with Gasteiger partial charge < -0.3 is 4.90 Å². The van der Waals surface area contributed by atoms with Crippen LogP contribution in [0.5, 0.6) is 0 Å². The lowest BCUT2D eigenvalue weighted by molar-refractivity contribution is -0.384. The third-order valence-corrected chi connectivity index (χ3v) is 11.2. The van der Waals surface area contributed by atoms with E-state index in [4.69, 9.17) is 0 Å². The predicted molar refractivity (Wildman–Crippen MR) is 242 cm³/mol. The van der Waals surface area contributed by atoms with Crippen LogP contribution in [0.3, 0.4) is 0 Å². The third-order valence-electron chi connectivity index (χ3n) is 11.2. The zero-order valence-corrected chi connectivity index (χ0v) is 31.5. The standard InChI is InChI=1S/C54H36N2O2/c57-56(58)46-35-33-45(34-36-46)55(43-29-25-39(26-30-43)37-11-2-1-3-12-37)44-31-27-40(28-32-44)38-21-23-42(24-22-38)53-49-16-6-8-18-51(49)54(52-19-9-7-17-50(52)53)48-20-10-14-41-13-4-5-15-47(41)48/h1-36H. The quantitative estimate of drug-likeness (QED) is 0.0884. The lowest BCUT2D eigenvalue weighted by Crippen LogP contribution is -2.09. The van der Waals surface area contributed by atoms with Crippen LogP contribution in [0.25, 0.3) is 76.8 Å². The smallest absolute Gasteiger partial charge is 0.269 e. The Hall–Kier alpha value is -7.82. The van der Waals surface area contributed by atoms with Crippen molar-refractivity contribution in [2.75, 3.05) is 4.90 Å². The van der Waals surface area contributed by atoms with Gasteiger partial charge in [-0.15, -0.1) is 0 Å². The van der Waals surface area contributed by atoms with Crippen molar-refractivity contribution in [2.24, 2.45) is 0 Å². The molecular weight excluding hydrogens is 709 g/mol. The minimum absolute atomic E-state index is 0.0590. The van der Waals surface area contributed by atoms with Gasteiger partial charge in [-0.1, -0.05) is 170 Å². The van der Waals surface area contributed by atoms with Crippen LogP contribution in [0.15, 0.2) is 218 Å². The molecule has 0 N–H and O–H groups in total. The fourth-order valence-corrected chi connectivity index (χ4v) is 8.41. The number of nitro groups is 1. The molecule has 10 aromatic carbocycles. The van der Waals surface area contributed by atoms with E-state index in [1.54, 1.807) is 24.3 Å². The van der Waals surface area contributed by atoms with Crippen molar-refractivity contribution in [3.8, 4) is 44.5 Å². The molecule has 0 saturated carbocycles. The molecule has 0 aliphatic heterocycles. The fourth-order valence-electron chi connectivity index (χ4n) is 8.41. The maximum absolute atomic E-state index is 11.5. The van der Waals surface area contributed by atoms with Crippen LogP contribution in [0.4, 0.5) is 22.7 Å². The topological polar surface area (TPSA) is 46.4 Å². The zero-order valence-electron chi connectivity index (χ0n) is 31.5. The van der Waals surface area contributed by atoms with E-state index in [9.17, 15) is 10.1 Å². The Labute approximate surface area is 336 Å². The van der Waals surface area contributed by atoms with Gasteiger partial charge in [0.25, 0.3) is 5.69 Å². The van der Waals surface area contributed by atoms with Gasteiger partial charge in [0.1, 0.15) is 0 Å². The van der Waals surface area contributed by atoms with E-state index in [0.717, 1.165) is 39.3 Å². The largest absolute Gasteiger partial charge is 0.310 e. The summed E-state index contributed by atoms with van der Waals surface area (Å²) in [5, 5.41) is 18.9. The van der Waals surface area contributed by atoms with Crippen LogP contribution in [0.1, 0.15) is 0 Å². The zero-order chi connectivity index (χ0) is 39.0. The molecule has 0 aromatic heterocycles. The molecule has 4 heteroatoms. The molecule has 10 rings (SSSR count). The first-order valence-corrected chi connectivity index (χ1v) is 19.4. The molecule has 58 heavy (non-hydrogen) atoms. The average Bonchev–Trinajstić information content (AvgIpc) is 3.29. The van der Waals surface area contributed by atoms with Gasteiger partial charge in [0.05, 0.1) is 4.92 Å². The van der Waals surface area contributed by atoms with Crippen LogP contribution >= 0.6 is 0 Å². The van der Waals surface area contributed by atoms with Crippen molar-refractivity contribution in [1.82, 2.24) is 0 Å². The highest BCUT2D eigenvalue weighted by molar-refractivity contribution is 6.23. The molecule has 0 aliphatic carbocycles. The number of anilines is 3. The summed E-state index contributed by atoms with van der Waals surface area (Å²) in [6.45, 7) is 0. The SMILES string of the molecule is O=[N+]([O-])c1ccc(N(c2ccc(-c3ccccc3)cc2)c2ccc(-c3ccc(-c4c5ccccc5c(-c5cccc6ccccc56)c5ccccc45)cc3)cc2)cc1. The van der Waals surface area contributed by atoms with Crippen LogP contribution in [0.2, 0.25) is 0 Å². The molecule has 0 fully saturated rings. The summed E-state index contributed by atoms with van der Waals surface area (Å²) in [6.07, 6.45) is 0. The summed E-state index contributed by atoms with van der Waals surface area (Å²) in [5.41, 5.74) is 12.2. The van der Waals surface area contributed by atoms with Gasteiger partial charge in [0.15, 0.2) is 0 Å². The average molecular weight is 745 g/mol. The summed E-state index contributed by atoms with van der Waals surface area (Å²) in [6, 6.07) is 75.7. The van der Waals surface area contributed by atoms with Crippen molar-refractivity contribution in [2.45, 2.75) is 0 Å². The highest BCUT2D eigenvalue weighted by atomic mass is 16.6. The first kappa shape index (κ1) is 34.7. The number of nitro benzene ring substituents is 1. The minimum Gasteiger partial charge on any atom is -0.310 e. The summed E-state index contributed by atoms with van der Waals surface area (Å²) >= 11 is 0. The summed E-state index contributed by atoms with van der Waals surface area (Å²) < 4.78 is 0. The van der Waals surface area contributed by atoms with Gasteiger partial charge >= 0.3 is 0 Å². The summed E-state index contributed by atoms with van der Waals surface area (Å²) in [7, 11) is 0. The van der Waals surface area contributed by atoms with E-state index in [2.05, 4.69) is 181 Å². The molecule has 0 unspecified atom stereocenters. The molecule has 0 radical (unpaired) electrons. The maximum atomic E-state index is 11.5.